The third kappa shape index (κ3) is 3.53. The highest BCUT2D eigenvalue weighted by Gasteiger charge is 2.21. The van der Waals surface area contributed by atoms with Gasteiger partial charge in [-0.05, 0) is 52.0 Å². The second-order valence-corrected chi connectivity index (χ2v) is 6.75. The van der Waals surface area contributed by atoms with Crippen molar-refractivity contribution in [1.29, 1.82) is 0 Å². The van der Waals surface area contributed by atoms with Gasteiger partial charge in [0.25, 0.3) is 0 Å². The number of hydrogen-bond acceptors (Lipinski definition) is 2. The molecule has 0 amide bonds. The lowest BCUT2D eigenvalue weighted by Gasteiger charge is -2.20. The predicted molar refractivity (Wildman–Crippen MR) is 88.6 cm³/mol. The van der Waals surface area contributed by atoms with Crippen molar-refractivity contribution < 1.29 is 0 Å². The molecule has 102 valence electrons. The first kappa shape index (κ1) is 15.3. The van der Waals surface area contributed by atoms with E-state index in [0.29, 0.717) is 0 Å². The molecule has 0 saturated carbocycles. The monoisotopic (exact) mass is 377 g/mol. The fourth-order valence-corrected chi connectivity index (χ4v) is 3.76. The number of nitrogens with one attached hydrogen (secondary N) is 1. The van der Waals surface area contributed by atoms with Crippen molar-refractivity contribution in [2.45, 2.75) is 19.4 Å². The molecule has 1 atom stereocenters. The maximum Gasteiger partial charge on any atom is 0.0701 e. The van der Waals surface area contributed by atoms with Crippen LogP contribution in [0.2, 0.25) is 10.0 Å². The van der Waals surface area contributed by atoms with Crippen molar-refractivity contribution in [3.63, 3.8) is 0 Å². The van der Waals surface area contributed by atoms with Crippen molar-refractivity contribution in [2.75, 3.05) is 6.54 Å². The van der Waals surface area contributed by atoms with Crippen LogP contribution in [0.5, 0.6) is 0 Å². The predicted octanol–water partition coefficient (Wildman–Crippen LogP) is 5.91. The Balaban J connectivity index is 2.43. The molecule has 0 bridgehead atoms. The van der Waals surface area contributed by atoms with Gasteiger partial charge in [-0.3, -0.25) is 0 Å². The van der Waals surface area contributed by atoms with Gasteiger partial charge in [-0.1, -0.05) is 42.3 Å². The van der Waals surface area contributed by atoms with Crippen LogP contribution >= 0.6 is 50.5 Å². The van der Waals surface area contributed by atoms with E-state index in [1.54, 1.807) is 11.3 Å². The van der Waals surface area contributed by atoms with Crippen molar-refractivity contribution in [2.24, 2.45) is 0 Å². The lowest BCUT2D eigenvalue weighted by molar-refractivity contribution is 0.606. The summed E-state index contributed by atoms with van der Waals surface area (Å²) in [5, 5.41) is 7.05. The van der Waals surface area contributed by atoms with E-state index in [4.69, 9.17) is 23.2 Å². The summed E-state index contributed by atoms with van der Waals surface area (Å²) in [6.07, 6.45) is 1.06. The molecule has 0 radical (unpaired) electrons. The fourth-order valence-electron chi connectivity index (χ4n) is 1.89. The molecule has 1 heterocycles. The van der Waals surface area contributed by atoms with Crippen LogP contribution in [-0.4, -0.2) is 6.54 Å². The van der Waals surface area contributed by atoms with Crippen LogP contribution < -0.4 is 5.32 Å². The van der Waals surface area contributed by atoms with Crippen LogP contribution in [0.1, 0.15) is 29.8 Å². The van der Waals surface area contributed by atoms with Crippen molar-refractivity contribution in [3.05, 3.63) is 54.6 Å². The van der Waals surface area contributed by atoms with Gasteiger partial charge in [0.1, 0.15) is 0 Å². The zero-order valence-electron chi connectivity index (χ0n) is 10.4. The van der Waals surface area contributed by atoms with Gasteiger partial charge in [0.05, 0.1) is 16.1 Å². The van der Waals surface area contributed by atoms with Gasteiger partial charge in [-0.25, -0.2) is 0 Å². The zero-order chi connectivity index (χ0) is 13.8. The Kier molecular flexibility index (Phi) is 5.72. The molecule has 19 heavy (non-hydrogen) atoms. The van der Waals surface area contributed by atoms with E-state index in [-0.39, 0.29) is 6.04 Å². The fraction of sp³-hybridized carbons (Fsp3) is 0.286. The lowest BCUT2D eigenvalue weighted by atomic mass is 10.1. The third-order valence-corrected chi connectivity index (χ3v) is 5.53. The van der Waals surface area contributed by atoms with E-state index < -0.39 is 0 Å². The van der Waals surface area contributed by atoms with E-state index >= 15 is 0 Å². The highest BCUT2D eigenvalue weighted by atomic mass is 79.9. The van der Waals surface area contributed by atoms with Crippen LogP contribution in [0, 0.1) is 0 Å². The first-order valence-electron chi connectivity index (χ1n) is 6.05. The summed E-state index contributed by atoms with van der Waals surface area (Å²) in [7, 11) is 0. The van der Waals surface area contributed by atoms with Crippen molar-refractivity contribution in [3.8, 4) is 0 Å². The van der Waals surface area contributed by atoms with E-state index in [2.05, 4.69) is 28.2 Å². The summed E-state index contributed by atoms with van der Waals surface area (Å²) in [6, 6.07) is 7.94. The smallest absolute Gasteiger partial charge is 0.0701 e. The molecule has 1 N–H and O–H groups in total. The van der Waals surface area contributed by atoms with Gasteiger partial charge < -0.3 is 5.32 Å². The number of rotatable bonds is 5. The highest BCUT2D eigenvalue weighted by molar-refractivity contribution is 9.10. The first-order valence-corrected chi connectivity index (χ1v) is 8.48. The average molecular weight is 379 g/mol. The normalized spacial score (nSPS) is 12.6. The van der Waals surface area contributed by atoms with Gasteiger partial charge in [0, 0.05) is 9.35 Å². The Morgan fingerprint density at radius 3 is 2.74 bits per heavy atom. The van der Waals surface area contributed by atoms with Gasteiger partial charge in [0.2, 0.25) is 0 Å². The summed E-state index contributed by atoms with van der Waals surface area (Å²) in [5.41, 5.74) is 1.05. The zero-order valence-corrected chi connectivity index (χ0v) is 14.3. The number of hydrogen-bond donors (Lipinski definition) is 1. The summed E-state index contributed by atoms with van der Waals surface area (Å²) in [5.74, 6) is 0. The van der Waals surface area contributed by atoms with Gasteiger partial charge in [-0.2, -0.15) is 0 Å². The highest BCUT2D eigenvalue weighted by Crippen LogP contribution is 2.38. The maximum absolute atomic E-state index is 6.41. The Morgan fingerprint density at radius 2 is 2.11 bits per heavy atom. The summed E-state index contributed by atoms with van der Waals surface area (Å²) < 4.78 is 0.905. The van der Waals surface area contributed by atoms with Crippen molar-refractivity contribution in [1.82, 2.24) is 5.32 Å². The third-order valence-electron chi connectivity index (χ3n) is 2.80. The van der Waals surface area contributed by atoms with Gasteiger partial charge in [-0.15, -0.1) is 11.3 Å². The van der Waals surface area contributed by atoms with Crippen LogP contribution in [0.3, 0.4) is 0 Å². The Bertz CT molecular complexity index is 556. The second-order valence-electron chi connectivity index (χ2n) is 4.16. The Morgan fingerprint density at radius 1 is 1.32 bits per heavy atom. The minimum absolute atomic E-state index is 0.0393. The molecule has 0 saturated heterocycles. The molecule has 1 aromatic heterocycles. The molecule has 0 spiro atoms. The first-order chi connectivity index (χ1) is 9.15. The Hall–Kier alpha value is -0.0600. The van der Waals surface area contributed by atoms with Crippen LogP contribution in [0.15, 0.2) is 34.1 Å². The molecular weight excluding hydrogens is 365 g/mol. The largest absolute Gasteiger partial charge is 0.306 e. The summed E-state index contributed by atoms with van der Waals surface area (Å²) in [4.78, 5) is 1.11. The molecule has 5 heteroatoms. The van der Waals surface area contributed by atoms with Crippen LogP contribution in [0.25, 0.3) is 0 Å². The lowest BCUT2D eigenvalue weighted by Crippen LogP contribution is -2.23. The summed E-state index contributed by atoms with van der Waals surface area (Å²) >= 11 is 17.8. The minimum Gasteiger partial charge on any atom is -0.306 e. The van der Waals surface area contributed by atoms with E-state index in [1.165, 1.54) is 0 Å². The second kappa shape index (κ2) is 7.09. The molecule has 0 aliphatic rings. The molecule has 1 unspecified atom stereocenters. The summed E-state index contributed by atoms with van der Waals surface area (Å²) in [6.45, 7) is 3.06. The van der Waals surface area contributed by atoms with E-state index in [0.717, 1.165) is 37.9 Å². The molecule has 2 rings (SSSR count). The van der Waals surface area contributed by atoms with Crippen molar-refractivity contribution >= 4 is 50.5 Å². The van der Waals surface area contributed by atoms with Gasteiger partial charge >= 0.3 is 0 Å². The Labute approximate surface area is 136 Å². The molecule has 1 nitrogen and oxygen atoms in total. The maximum atomic E-state index is 6.41. The SMILES string of the molecule is CCCNC(c1cccc(Br)c1Cl)c1sccc1Cl. The molecule has 1 aromatic carbocycles. The van der Waals surface area contributed by atoms with Crippen LogP contribution in [-0.2, 0) is 0 Å². The number of thiophene rings is 1. The molecular formula is C14H14BrCl2NS. The standard InChI is InChI=1S/C14H14BrCl2NS/c1-2-7-18-13(14-11(16)6-8-19-14)9-4-3-5-10(15)12(9)17/h3-6,8,13,18H,2,7H2,1H3. The van der Waals surface area contributed by atoms with E-state index in [1.807, 2.05) is 29.6 Å². The molecule has 0 fully saturated rings. The molecule has 2 aromatic rings. The number of benzene rings is 1. The van der Waals surface area contributed by atoms with E-state index in [9.17, 15) is 0 Å². The topological polar surface area (TPSA) is 12.0 Å². The van der Waals surface area contributed by atoms with Crippen LogP contribution in [0.4, 0.5) is 0 Å². The average Bonchev–Trinajstić information content (AvgIpc) is 2.81. The molecule has 0 aliphatic carbocycles. The minimum atomic E-state index is 0.0393. The number of halogens is 3. The van der Waals surface area contributed by atoms with Gasteiger partial charge in [0.15, 0.2) is 0 Å². The quantitative estimate of drug-likeness (QED) is 0.682. The molecule has 0 aliphatic heterocycles.